The fourth-order valence-electron chi connectivity index (χ4n) is 4.12. The van der Waals surface area contributed by atoms with Gasteiger partial charge in [0.15, 0.2) is 13.4 Å². The molecule has 4 aromatic carbocycles. The molecule has 6 heteroatoms. The van der Waals surface area contributed by atoms with Gasteiger partial charge in [-0.25, -0.2) is 4.79 Å². The van der Waals surface area contributed by atoms with Crippen LogP contribution in [0.5, 0.6) is 11.5 Å². The van der Waals surface area contributed by atoms with Crippen LogP contribution in [0, 0.1) is 0 Å². The Labute approximate surface area is 213 Å². The fourth-order valence-corrected chi connectivity index (χ4v) is 6.72. The lowest BCUT2D eigenvalue weighted by atomic mass is 10.1. The molecule has 0 N–H and O–H groups in total. The largest absolute Gasteiger partial charge is 0.489 e. The first-order chi connectivity index (χ1) is 17.7. The molecule has 36 heavy (non-hydrogen) atoms. The Hall–Kier alpha value is -3.74. The summed E-state index contributed by atoms with van der Waals surface area (Å²) in [5.41, 5.74) is 3.69. The summed E-state index contributed by atoms with van der Waals surface area (Å²) in [5, 5.41) is 0. The normalized spacial score (nSPS) is 12.5. The molecule has 184 valence electrons. The molecule has 4 aromatic rings. The van der Waals surface area contributed by atoms with Crippen LogP contribution in [0.2, 0.25) is 0 Å². The van der Waals surface area contributed by atoms with Gasteiger partial charge in [-0.05, 0) is 77.0 Å². The molecular weight excluding hydrogens is 472 g/mol. The van der Waals surface area contributed by atoms with E-state index < -0.39 is 16.9 Å². The topological polar surface area (TPSA) is 54.0 Å². The zero-order valence-electron chi connectivity index (χ0n) is 20.1. The summed E-state index contributed by atoms with van der Waals surface area (Å²) in [6.07, 6.45) is 0. The van der Waals surface area contributed by atoms with Gasteiger partial charge in [-0.1, -0.05) is 48.5 Å². The Kier molecular flexibility index (Phi) is 7.55. The van der Waals surface area contributed by atoms with E-state index in [2.05, 4.69) is 60.7 Å². The number of benzene rings is 4. The van der Waals surface area contributed by atoms with Crippen LogP contribution in [0.3, 0.4) is 0 Å². The van der Waals surface area contributed by atoms with Gasteiger partial charge in [0.25, 0.3) is 0 Å². The lowest BCUT2D eigenvalue weighted by Crippen LogP contribution is -2.16. The number of hydrogen-bond donors (Lipinski definition) is 1. The molecule has 5 nitrogen and oxygen atoms in total. The van der Waals surface area contributed by atoms with Crippen LogP contribution >= 0.6 is 10.9 Å². The summed E-state index contributed by atoms with van der Waals surface area (Å²) in [5.74, 6) is 0.952. The van der Waals surface area contributed by atoms with Gasteiger partial charge in [0.05, 0.1) is 0 Å². The number of rotatable bonds is 10. The van der Waals surface area contributed by atoms with Crippen LogP contribution in [0.15, 0.2) is 112 Å². The van der Waals surface area contributed by atoms with Crippen molar-refractivity contribution in [3.05, 3.63) is 103 Å². The van der Waals surface area contributed by atoms with E-state index in [0.717, 1.165) is 11.3 Å². The third kappa shape index (κ3) is 5.40. The van der Waals surface area contributed by atoms with Crippen LogP contribution in [0.4, 0.5) is 0 Å². The van der Waals surface area contributed by atoms with Gasteiger partial charge in [-0.2, -0.15) is 10.9 Å². The minimum atomic E-state index is -0.564. The van der Waals surface area contributed by atoms with E-state index in [1.807, 2.05) is 43.3 Å². The van der Waals surface area contributed by atoms with E-state index in [-0.39, 0.29) is 13.4 Å². The lowest BCUT2D eigenvalue weighted by molar-refractivity contribution is -0.158. The smallest absolute Gasteiger partial charge is 0.346 e. The second-order valence-electron chi connectivity index (χ2n) is 8.21. The van der Waals surface area contributed by atoms with Crippen molar-refractivity contribution in [2.75, 3.05) is 20.0 Å². The van der Waals surface area contributed by atoms with Crippen LogP contribution in [0.1, 0.15) is 12.5 Å². The molecule has 0 unspecified atom stereocenters. The third-order valence-corrected chi connectivity index (χ3v) is 8.43. The summed E-state index contributed by atoms with van der Waals surface area (Å²) in [6.45, 7) is 2.55. The van der Waals surface area contributed by atoms with Gasteiger partial charge in [-0.15, -0.1) is 0 Å². The van der Waals surface area contributed by atoms with Gasteiger partial charge in [-0.3, -0.25) is 0 Å². The molecule has 0 fully saturated rings. The highest BCUT2D eigenvalue weighted by Crippen LogP contribution is 2.62. The molecule has 0 aliphatic carbocycles. The molecule has 5 rings (SSSR count). The van der Waals surface area contributed by atoms with Crippen molar-refractivity contribution in [3.8, 4) is 22.6 Å². The first kappa shape index (κ1) is 24.0. The van der Waals surface area contributed by atoms with Crippen molar-refractivity contribution >= 4 is 16.9 Å². The molecule has 1 aliphatic rings. The highest BCUT2D eigenvalue weighted by molar-refractivity contribution is 8.17. The molecule has 0 saturated heterocycles. The van der Waals surface area contributed by atoms with E-state index in [4.69, 9.17) is 18.9 Å². The molecule has 1 aliphatic heterocycles. The first-order valence-electron chi connectivity index (χ1n) is 11.9. The Morgan fingerprint density at radius 1 is 0.722 bits per heavy atom. The lowest BCUT2D eigenvalue weighted by Gasteiger charge is -2.19. The molecule has 0 amide bonds. The maximum absolute atomic E-state index is 11.6. The molecule has 0 aromatic heterocycles. The Morgan fingerprint density at radius 3 is 1.94 bits per heavy atom. The predicted molar refractivity (Wildman–Crippen MR) is 141 cm³/mol. The summed E-state index contributed by atoms with van der Waals surface area (Å²) in [4.78, 5) is 15.7. The Morgan fingerprint density at radius 2 is 1.31 bits per heavy atom. The van der Waals surface area contributed by atoms with Gasteiger partial charge < -0.3 is 18.9 Å². The average Bonchev–Trinajstić information content (AvgIpc) is 3.26. The second-order valence-corrected chi connectivity index (χ2v) is 10.4. The molecule has 0 radical (unpaired) electrons. The number of carbonyl (C=O) groups is 1. The number of hydrogen-bond acceptors (Lipinski definition) is 5. The van der Waals surface area contributed by atoms with E-state index in [9.17, 15) is 4.79 Å². The van der Waals surface area contributed by atoms with Crippen molar-refractivity contribution in [2.45, 2.75) is 28.2 Å². The maximum atomic E-state index is 11.6. The molecule has 0 bridgehead atoms. The molecular formula is C30H28O5S. The van der Waals surface area contributed by atoms with Gasteiger partial charge in [0.2, 0.25) is 0 Å². The molecule has 1 heterocycles. The zero-order valence-corrected chi connectivity index (χ0v) is 20.9. The van der Waals surface area contributed by atoms with Crippen molar-refractivity contribution in [2.24, 2.45) is 0 Å². The van der Waals surface area contributed by atoms with Gasteiger partial charge >= 0.3 is 5.97 Å². The van der Waals surface area contributed by atoms with Crippen molar-refractivity contribution in [3.63, 3.8) is 0 Å². The van der Waals surface area contributed by atoms with Crippen LogP contribution < -0.4 is 9.47 Å². The van der Waals surface area contributed by atoms with Crippen molar-refractivity contribution in [1.29, 1.82) is 0 Å². The van der Waals surface area contributed by atoms with Gasteiger partial charge in [0.1, 0.15) is 18.1 Å². The van der Waals surface area contributed by atoms with E-state index >= 15 is 0 Å². The number of thiol groups is 1. The maximum Gasteiger partial charge on any atom is 0.346 e. The molecule has 0 atom stereocenters. The predicted octanol–water partition coefficient (Wildman–Crippen LogP) is 6.64. The summed E-state index contributed by atoms with van der Waals surface area (Å²) in [6, 6.07) is 33.4. The summed E-state index contributed by atoms with van der Waals surface area (Å²) in [7, 11) is -0.564. The van der Waals surface area contributed by atoms with Crippen LogP contribution in [-0.2, 0) is 20.9 Å². The second kappa shape index (κ2) is 11.3. The zero-order chi connectivity index (χ0) is 24.7. The van der Waals surface area contributed by atoms with E-state index in [1.54, 1.807) is 0 Å². The highest BCUT2D eigenvalue weighted by Gasteiger charge is 2.26. The minimum Gasteiger partial charge on any atom is -0.489 e. The number of fused-ring (bicyclic) bond motifs is 3. The van der Waals surface area contributed by atoms with Gasteiger partial charge in [0, 0.05) is 16.4 Å². The Bertz CT molecular complexity index is 1270. The number of carbonyl (C=O) groups excluding carboxylic acids is 1. The van der Waals surface area contributed by atoms with E-state index in [1.165, 1.54) is 25.8 Å². The quantitative estimate of drug-likeness (QED) is 0.101. The third-order valence-electron chi connectivity index (χ3n) is 5.87. The monoisotopic (exact) mass is 500 g/mol. The van der Waals surface area contributed by atoms with E-state index in [0.29, 0.717) is 19.0 Å². The summed E-state index contributed by atoms with van der Waals surface area (Å²) >= 11 is 0. The fraction of sp³-hybridized carbons (Fsp3) is 0.167. The SMILES string of the molecule is CCOCOC(=O)COc1ccc(COc2ccc([SH]3c4ccccc4-c4ccccc43)cc2)cc1. The van der Waals surface area contributed by atoms with Crippen LogP contribution in [-0.4, -0.2) is 26.0 Å². The van der Waals surface area contributed by atoms with Crippen LogP contribution in [0.25, 0.3) is 11.1 Å². The van der Waals surface area contributed by atoms with Crippen molar-refractivity contribution < 1.29 is 23.7 Å². The number of esters is 1. The standard InChI is InChI=1S/C30H28O5S/c1-2-32-21-35-30(31)20-34-23-13-11-22(12-14-23)19-33-24-15-17-25(18-16-24)36-28-9-5-3-7-26(28)27-8-4-6-10-29(27)36/h3-18,36H,2,19-21H2,1H3. The summed E-state index contributed by atoms with van der Waals surface area (Å²) < 4.78 is 21.3. The molecule has 0 spiro atoms. The number of ether oxygens (including phenoxy) is 4. The van der Waals surface area contributed by atoms with Crippen molar-refractivity contribution in [1.82, 2.24) is 0 Å². The minimum absolute atomic E-state index is 0.0573. The first-order valence-corrected chi connectivity index (χ1v) is 13.2. The average molecular weight is 501 g/mol. The molecule has 0 saturated carbocycles. The highest BCUT2D eigenvalue weighted by atomic mass is 32.2. The Balaban J connectivity index is 1.18.